The minimum Gasteiger partial charge on any atom is -0.491 e. The quantitative estimate of drug-likeness (QED) is 0.591. The summed E-state index contributed by atoms with van der Waals surface area (Å²) in [6, 6.07) is 8.38. The molecule has 2 aromatic carbocycles. The van der Waals surface area contributed by atoms with E-state index in [1.807, 2.05) is 6.07 Å². The number of hydrogen-bond donors (Lipinski definition) is 1. The summed E-state index contributed by atoms with van der Waals surface area (Å²) in [5, 5.41) is 0.830. The van der Waals surface area contributed by atoms with E-state index in [2.05, 4.69) is 4.98 Å². The second kappa shape index (κ2) is 7.59. The number of carbonyl (C=O) groups excluding carboxylic acids is 1. The van der Waals surface area contributed by atoms with Gasteiger partial charge in [-0.15, -0.1) is 0 Å². The summed E-state index contributed by atoms with van der Waals surface area (Å²) in [4.78, 5) is 20.0. The van der Waals surface area contributed by atoms with Gasteiger partial charge < -0.3 is 20.1 Å². The van der Waals surface area contributed by atoms with Gasteiger partial charge in [-0.3, -0.25) is 4.79 Å². The molecule has 0 bridgehead atoms. The van der Waals surface area contributed by atoms with Gasteiger partial charge in [0.15, 0.2) is 0 Å². The Morgan fingerprint density at radius 2 is 1.91 bits per heavy atom. The van der Waals surface area contributed by atoms with E-state index < -0.39 is 17.8 Å². The van der Waals surface area contributed by atoms with Crippen LogP contribution in [0.2, 0.25) is 0 Å². The molecular formula is C25H22F3N3O3. The van der Waals surface area contributed by atoms with Crippen molar-refractivity contribution in [3.63, 3.8) is 0 Å². The topological polar surface area (TPSA) is 77.7 Å². The Hall–Kier alpha value is -3.33. The number of nitrogens with two attached hydrogens (primary N) is 1. The Morgan fingerprint density at radius 1 is 1.12 bits per heavy atom. The highest BCUT2D eigenvalue weighted by molar-refractivity contribution is 5.99. The number of nitrogens with zero attached hydrogens (tertiary/aromatic N) is 2. The molecule has 1 amide bonds. The molecule has 0 radical (unpaired) electrons. The lowest BCUT2D eigenvalue weighted by atomic mass is 10.0. The van der Waals surface area contributed by atoms with Crippen LogP contribution in [-0.4, -0.2) is 28.9 Å². The third kappa shape index (κ3) is 3.55. The molecule has 0 saturated heterocycles. The van der Waals surface area contributed by atoms with Crippen molar-refractivity contribution in [2.45, 2.75) is 38.3 Å². The Bertz CT molecular complexity index is 1320. The molecule has 1 fully saturated rings. The van der Waals surface area contributed by atoms with E-state index in [1.54, 1.807) is 17.0 Å². The van der Waals surface area contributed by atoms with Gasteiger partial charge in [-0.1, -0.05) is 6.07 Å². The minimum absolute atomic E-state index is 0.129. The van der Waals surface area contributed by atoms with E-state index in [4.69, 9.17) is 15.2 Å². The van der Waals surface area contributed by atoms with Crippen LogP contribution in [0.3, 0.4) is 0 Å². The Labute approximate surface area is 193 Å². The molecule has 3 heterocycles. The van der Waals surface area contributed by atoms with Gasteiger partial charge in [0, 0.05) is 28.6 Å². The first kappa shape index (κ1) is 21.2. The summed E-state index contributed by atoms with van der Waals surface area (Å²) in [5.74, 6) is 0.829. The summed E-state index contributed by atoms with van der Waals surface area (Å²) in [6.45, 7) is 1.47. The van der Waals surface area contributed by atoms with Crippen LogP contribution in [0, 0.1) is 5.92 Å². The zero-order chi connectivity index (χ0) is 23.6. The molecule has 9 heteroatoms. The fraction of sp³-hybridized carbons (Fsp3) is 0.360. The number of rotatable bonds is 4. The van der Waals surface area contributed by atoms with Crippen molar-refractivity contribution < 1.29 is 27.4 Å². The number of carbonyl (C=O) groups is 1. The third-order valence-electron chi connectivity index (χ3n) is 6.86. The molecular weight excluding hydrogens is 447 g/mol. The van der Waals surface area contributed by atoms with E-state index in [1.165, 1.54) is 6.07 Å². The average molecular weight is 469 g/mol. The normalized spacial score (nSPS) is 19.1. The van der Waals surface area contributed by atoms with Crippen molar-refractivity contribution >= 4 is 22.6 Å². The molecule has 1 aliphatic carbocycles. The number of alkyl halides is 3. The lowest BCUT2D eigenvalue weighted by molar-refractivity contribution is -0.137. The summed E-state index contributed by atoms with van der Waals surface area (Å²) < 4.78 is 50.6. The van der Waals surface area contributed by atoms with Crippen LogP contribution in [-0.2, 0) is 24.1 Å². The van der Waals surface area contributed by atoms with Crippen LogP contribution in [0.1, 0.15) is 51.5 Å². The Kier molecular flexibility index (Phi) is 4.74. The smallest absolute Gasteiger partial charge is 0.416 e. The molecule has 34 heavy (non-hydrogen) atoms. The maximum absolute atomic E-state index is 13.8. The second-order valence-electron chi connectivity index (χ2n) is 9.16. The first-order chi connectivity index (χ1) is 16.3. The van der Waals surface area contributed by atoms with Gasteiger partial charge in [-0.05, 0) is 54.7 Å². The highest BCUT2D eigenvalue weighted by Gasteiger charge is 2.39. The van der Waals surface area contributed by atoms with Crippen LogP contribution in [0.25, 0.3) is 10.9 Å². The van der Waals surface area contributed by atoms with Crippen LogP contribution in [0.5, 0.6) is 5.75 Å². The number of amides is 1. The number of hydrogen-bond acceptors (Lipinski definition) is 5. The largest absolute Gasteiger partial charge is 0.491 e. The molecule has 0 spiro atoms. The fourth-order valence-corrected chi connectivity index (χ4v) is 4.83. The van der Waals surface area contributed by atoms with E-state index >= 15 is 0 Å². The molecule has 1 atom stereocenters. The van der Waals surface area contributed by atoms with Gasteiger partial charge in [0.05, 0.1) is 30.3 Å². The monoisotopic (exact) mass is 469 g/mol. The SMILES string of the molecule is Nc1nc2ccc(C(=O)N(CC3CC3)[C@H]3COc4cc(C(F)(F)F)ccc43)cc2c2c1COC2. The van der Waals surface area contributed by atoms with Gasteiger partial charge in [-0.25, -0.2) is 4.98 Å². The predicted octanol–water partition coefficient (Wildman–Crippen LogP) is 4.85. The van der Waals surface area contributed by atoms with Gasteiger partial charge in [-0.2, -0.15) is 13.2 Å². The molecule has 1 saturated carbocycles. The van der Waals surface area contributed by atoms with Crippen molar-refractivity contribution in [2.24, 2.45) is 5.92 Å². The van der Waals surface area contributed by atoms with Crippen molar-refractivity contribution in [3.05, 3.63) is 64.2 Å². The highest BCUT2D eigenvalue weighted by Crippen LogP contribution is 2.43. The fourth-order valence-electron chi connectivity index (χ4n) is 4.83. The van der Waals surface area contributed by atoms with E-state index in [9.17, 15) is 18.0 Å². The van der Waals surface area contributed by atoms with Crippen molar-refractivity contribution in [1.82, 2.24) is 9.88 Å². The average Bonchev–Trinajstić information content (AvgIpc) is 3.31. The molecule has 1 aromatic heterocycles. The second-order valence-corrected chi connectivity index (χ2v) is 9.16. The number of ether oxygens (including phenoxy) is 2. The number of pyridine rings is 1. The molecule has 2 N–H and O–H groups in total. The highest BCUT2D eigenvalue weighted by atomic mass is 19.4. The molecule has 176 valence electrons. The number of halogens is 3. The van der Waals surface area contributed by atoms with E-state index in [0.717, 1.165) is 41.5 Å². The first-order valence-electron chi connectivity index (χ1n) is 11.2. The number of fused-ring (bicyclic) bond motifs is 4. The number of anilines is 1. The first-order valence-corrected chi connectivity index (χ1v) is 11.2. The van der Waals surface area contributed by atoms with E-state index in [0.29, 0.717) is 48.1 Å². The van der Waals surface area contributed by atoms with Crippen LogP contribution in [0.4, 0.5) is 19.0 Å². The van der Waals surface area contributed by atoms with Crippen LogP contribution in [0.15, 0.2) is 36.4 Å². The van der Waals surface area contributed by atoms with Gasteiger partial charge in [0.25, 0.3) is 5.91 Å². The standard InChI is InChI=1S/C25H22F3N3O3/c26-25(27,28)15-4-5-16-21(12-34-22(16)8-15)31(9-13-1-2-13)24(32)14-3-6-20-17(7-14)18-10-33-11-19(18)23(29)30-20/h3-8,13,21H,1-2,9-12H2,(H2,29,30)/t21-/m0/s1. The molecule has 3 aliphatic rings. The van der Waals surface area contributed by atoms with Gasteiger partial charge in [0.1, 0.15) is 18.2 Å². The summed E-state index contributed by atoms with van der Waals surface area (Å²) in [5.41, 5.74) is 8.89. The Morgan fingerprint density at radius 3 is 2.68 bits per heavy atom. The molecule has 0 unspecified atom stereocenters. The summed E-state index contributed by atoms with van der Waals surface area (Å²) in [6.07, 6.45) is -2.39. The van der Waals surface area contributed by atoms with Crippen LogP contribution >= 0.6 is 0 Å². The van der Waals surface area contributed by atoms with Gasteiger partial charge in [0.2, 0.25) is 0 Å². The summed E-state index contributed by atoms with van der Waals surface area (Å²) in [7, 11) is 0. The van der Waals surface area contributed by atoms with Gasteiger partial charge >= 0.3 is 6.18 Å². The lowest BCUT2D eigenvalue weighted by Crippen LogP contribution is -2.37. The lowest BCUT2D eigenvalue weighted by Gasteiger charge is -2.29. The predicted molar refractivity (Wildman–Crippen MR) is 118 cm³/mol. The number of benzene rings is 2. The van der Waals surface area contributed by atoms with Crippen molar-refractivity contribution in [2.75, 3.05) is 18.9 Å². The molecule has 6 rings (SSSR count). The zero-order valence-corrected chi connectivity index (χ0v) is 18.2. The Balaban J connectivity index is 1.37. The van der Waals surface area contributed by atoms with E-state index in [-0.39, 0.29) is 18.3 Å². The third-order valence-corrected chi connectivity index (χ3v) is 6.86. The molecule has 2 aliphatic heterocycles. The number of nitrogen functional groups attached to an aromatic ring is 1. The number of aromatic nitrogens is 1. The maximum atomic E-state index is 13.8. The summed E-state index contributed by atoms with van der Waals surface area (Å²) >= 11 is 0. The van der Waals surface area contributed by atoms with Crippen molar-refractivity contribution in [1.29, 1.82) is 0 Å². The van der Waals surface area contributed by atoms with Crippen molar-refractivity contribution in [3.8, 4) is 5.75 Å². The van der Waals surface area contributed by atoms with Crippen LogP contribution < -0.4 is 10.5 Å². The molecule has 6 nitrogen and oxygen atoms in total. The molecule has 3 aromatic rings. The maximum Gasteiger partial charge on any atom is 0.416 e. The zero-order valence-electron chi connectivity index (χ0n) is 18.2. The minimum atomic E-state index is -4.45.